The van der Waals surface area contributed by atoms with Crippen LogP contribution in [-0.2, 0) is 39.1 Å². The van der Waals surface area contributed by atoms with Gasteiger partial charge in [-0.15, -0.1) is 0 Å². The summed E-state index contributed by atoms with van der Waals surface area (Å²) in [4.78, 5) is 39.6. The van der Waals surface area contributed by atoms with E-state index in [2.05, 4.69) is 10.6 Å². The first-order valence-electron chi connectivity index (χ1n) is 18.4. The summed E-state index contributed by atoms with van der Waals surface area (Å²) < 4.78 is 30.6. The topological polar surface area (TPSA) is 223 Å². The van der Waals surface area contributed by atoms with Crippen molar-refractivity contribution in [3.8, 4) is 0 Å². The molecule has 2 amide bonds. The lowest BCUT2D eigenvalue weighted by Crippen LogP contribution is -2.59. The number of amides is 2. The van der Waals surface area contributed by atoms with Crippen molar-refractivity contribution in [3.63, 3.8) is 0 Å². The number of hydrogen-bond donors (Lipinski definition) is 7. The average molecular weight is 775 g/mol. The van der Waals surface area contributed by atoms with Gasteiger partial charge in [-0.3, -0.25) is 9.59 Å². The molecule has 15 heteroatoms. The van der Waals surface area contributed by atoms with E-state index >= 15 is 0 Å². The van der Waals surface area contributed by atoms with Gasteiger partial charge in [-0.05, 0) is 17.7 Å². The van der Waals surface area contributed by atoms with Crippen LogP contribution in [0.1, 0.15) is 39.9 Å². The number of aliphatic hydroxyl groups excluding tert-OH is 5. The second-order valence-electron chi connectivity index (χ2n) is 13.5. The summed E-state index contributed by atoms with van der Waals surface area (Å²) in [6, 6.07) is 25.3. The molecule has 0 saturated carbocycles. The van der Waals surface area contributed by atoms with Crippen molar-refractivity contribution in [2.45, 2.75) is 67.6 Å². The minimum atomic E-state index is -1.59. The molecule has 3 aromatic rings. The molecule has 2 fully saturated rings. The molecular formula is C41H46N2O13. The normalized spacial score (nSPS) is 26.9. The standard InChI is InChI=1S/C41H46N2O13/c44-20-19-42-33(46)17-18-43-38(50)26-22-30(37-31(23-26)55-41(56-37,27-12-3-1-4-13-27)28-14-5-2-6-15-28)53-39(51)29-16-8-7-10-25(29)11-9-21-52-40-36(49)35(48)34(47)32(24-45)54-40/h1-16,23,30-32,34-37,40,44-45,47-49H,17-22,24H2,(H,42,46)(H,43,50)/t30-,31-,32-,34+,35+,36-,37+,40+/m1/s1. The first kappa shape index (κ1) is 40.8. The number of carbonyl (C=O) groups excluding carboxylic acids is 3. The maximum atomic E-state index is 14.0. The van der Waals surface area contributed by atoms with Crippen LogP contribution < -0.4 is 10.6 Å². The fourth-order valence-electron chi connectivity index (χ4n) is 6.84. The van der Waals surface area contributed by atoms with Crippen LogP contribution in [0.4, 0.5) is 0 Å². The molecule has 0 spiro atoms. The number of fused-ring (bicyclic) bond motifs is 1. The van der Waals surface area contributed by atoms with E-state index in [1.165, 1.54) is 0 Å². The zero-order valence-electron chi connectivity index (χ0n) is 30.4. The van der Waals surface area contributed by atoms with Crippen molar-refractivity contribution in [2.24, 2.45) is 0 Å². The van der Waals surface area contributed by atoms with Crippen molar-refractivity contribution in [1.82, 2.24) is 10.6 Å². The fourth-order valence-corrected chi connectivity index (χ4v) is 6.84. The van der Waals surface area contributed by atoms with E-state index in [-0.39, 0.29) is 56.2 Å². The Morgan fingerprint density at radius 2 is 1.50 bits per heavy atom. The lowest BCUT2D eigenvalue weighted by atomic mass is 9.91. The molecule has 0 bridgehead atoms. The largest absolute Gasteiger partial charge is 0.456 e. The summed E-state index contributed by atoms with van der Waals surface area (Å²) in [5.41, 5.74) is 2.32. The van der Waals surface area contributed by atoms with Gasteiger partial charge in [0.1, 0.15) is 42.7 Å². The molecule has 0 aromatic heterocycles. The van der Waals surface area contributed by atoms with Gasteiger partial charge in [-0.25, -0.2) is 4.79 Å². The summed E-state index contributed by atoms with van der Waals surface area (Å²) in [6.45, 7) is -0.797. The Bertz CT molecular complexity index is 1810. The molecule has 7 N–H and O–H groups in total. The van der Waals surface area contributed by atoms with Gasteiger partial charge >= 0.3 is 5.97 Å². The lowest BCUT2D eigenvalue weighted by Gasteiger charge is -2.39. The Hall–Kier alpha value is -4.81. The van der Waals surface area contributed by atoms with Crippen LogP contribution in [0.15, 0.2) is 103 Å². The number of hydrogen-bond acceptors (Lipinski definition) is 13. The van der Waals surface area contributed by atoms with E-state index in [4.69, 9.17) is 28.8 Å². The Morgan fingerprint density at radius 1 is 0.821 bits per heavy atom. The molecule has 2 aliphatic heterocycles. The summed E-state index contributed by atoms with van der Waals surface area (Å²) in [6.07, 6.45) is -5.00. The predicted octanol–water partition coefficient (Wildman–Crippen LogP) is 0.672. The number of ether oxygens (including phenoxy) is 5. The van der Waals surface area contributed by atoms with Gasteiger partial charge in [-0.1, -0.05) is 91.0 Å². The maximum Gasteiger partial charge on any atom is 0.339 e. The van der Waals surface area contributed by atoms with E-state index < -0.39 is 73.3 Å². The van der Waals surface area contributed by atoms with E-state index in [9.17, 15) is 34.8 Å². The van der Waals surface area contributed by atoms with Crippen LogP contribution in [0.5, 0.6) is 0 Å². The molecule has 0 radical (unpaired) electrons. The Morgan fingerprint density at radius 3 is 2.18 bits per heavy atom. The monoisotopic (exact) mass is 774 g/mol. The molecule has 6 rings (SSSR count). The number of benzene rings is 3. The van der Waals surface area contributed by atoms with E-state index in [1.54, 1.807) is 42.5 Å². The van der Waals surface area contributed by atoms with Gasteiger partial charge in [0.15, 0.2) is 6.29 Å². The molecule has 0 unspecified atom stereocenters. The van der Waals surface area contributed by atoms with E-state index in [0.29, 0.717) is 16.7 Å². The fraction of sp³-hybridized carbons (Fsp3) is 0.390. The van der Waals surface area contributed by atoms with Crippen molar-refractivity contribution < 1.29 is 63.6 Å². The molecule has 56 heavy (non-hydrogen) atoms. The molecule has 8 atom stereocenters. The van der Waals surface area contributed by atoms with Crippen molar-refractivity contribution >= 4 is 23.9 Å². The Balaban J connectivity index is 1.22. The number of carbonyl (C=O) groups is 3. The quantitative estimate of drug-likeness (QED) is 0.106. The highest BCUT2D eigenvalue weighted by molar-refractivity contribution is 5.95. The maximum absolute atomic E-state index is 14.0. The third kappa shape index (κ3) is 9.24. The van der Waals surface area contributed by atoms with Crippen LogP contribution >= 0.6 is 0 Å². The van der Waals surface area contributed by atoms with Gasteiger partial charge in [0, 0.05) is 42.6 Å². The predicted molar refractivity (Wildman–Crippen MR) is 198 cm³/mol. The molecule has 3 aromatic carbocycles. The van der Waals surface area contributed by atoms with Gasteiger partial charge in [-0.2, -0.15) is 0 Å². The average Bonchev–Trinajstić information content (AvgIpc) is 3.63. The van der Waals surface area contributed by atoms with Crippen LogP contribution in [0.2, 0.25) is 0 Å². The second kappa shape index (κ2) is 18.9. The zero-order valence-corrected chi connectivity index (χ0v) is 30.4. The molecule has 15 nitrogen and oxygen atoms in total. The Kier molecular flexibility index (Phi) is 13.8. The number of esters is 1. The third-order valence-electron chi connectivity index (χ3n) is 9.69. The molecule has 298 valence electrons. The highest BCUT2D eigenvalue weighted by Gasteiger charge is 2.55. The van der Waals surface area contributed by atoms with Crippen molar-refractivity contribution in [3.05, 3.63) is 125 Å². The van der Waals surface area contributed by atoms with Gasteiger partial charge in [0.05, 0.1) is 25.4 Å². The summed E-state index contributed by atoms with van der Waals surface area (Å²) >= 11 is 0. The van der Waals surface area contributed by atoms with E-state index in [0.717, 1.165) is 0 Å². The zero-order chi connectivity index (χ0) is 39.7. The van der Waals surface area contributed by atoms with Crippen molar-refractivity contribution in [2.75, 3.05) is 32.9 Å². The van der Waals surface area contributed by atoms with Gasteiger partial charge in [0.2, 0.25) is 17.6 Å². The molecule has 3 aliphatic rings. The molecule has 2 heterocycles. The van der Waals surface area contributed by atoms with Crippen LogP contribution in [0.25, 0.3) is 6.08 Å². The van der Waals surface area contributed by atoms with Crippen molar-refractivity contribution in [1.29, 1.82) is 0 Å². The van der Waals surface area contributed by atoms with Crippen LogP contribution in [0, 0.1) is 0 Å². The molecular weight excluding hydrogens is 728 g/mol. The second-order valence-corrected chi connectivity index (χ2v) is 13.5. The number of nitrogens with one attached hydrogen (secondary N) is 2. The minimum absolute atomic E-state index is 0.00785. The minimum Gasteiger partial charge on any atom is -0.456 e. The SMILES string of the molecule is O=C(CCNC(=O)C1=C[C@H]2OC(c3ccccc3)(c3ccccc3)O[C@H]2[C@H](OC(=O)c2ccccc2C=CCO[C@H]2O[C@H](CO)[C@H](O)[C@H](O)[C@H]2O)C1)NCCO. The van der Waals surface area contributed by atoms with Crippen LogP contribution in [-0.4, -0.2) is 125 Å². The first-order chi connectivity index (χ1) is 27.1. The Labute approximate surface area is 323 Å². The van der Waals surface area contributed by atoms with Crippen LogP contribution in [0.3, 0.4) is 0 Å². The highest BCUT2D eigenvalue weighted by atomic mass is 16.8. The van der Waals surface area contributed by atoms with E-state index in [1.807, 2.05) is 60.7 Å². The van der Waals surface area contributed by atoms with Gasteiger partial charge < -0.3 is 59.9 Å². The lowest BCUT2D eigenvalue weighted by molar-refractivity contribution is -0.298. The first-order valence-corrected chi connectivity index (χ1v) is 18.4. The highest BCUT2D eigenvalue weighted by Crippen LogP contribution is 2.47. The number of aliphatic hydroxyl groups is 5. The third-order valence-corrected chi connectivity index (χ3v) is 9.69. The molecule has 1 aliphatic carbocycles. The summed E-state index contributed by atoms with van der Waals surface area (Å²) in [7, 11) is 0. The van der Waals surface area contributed by atoms with Gasteiger partial charge in [0.25, 0.3) is 0 Å². The smallest absolute Gasteiger partial charge is 0.339 e. The molecule has 2 saturated heterocycles. The summed E-state index contributed by atoms with van der Waals surface area (Å²) in [5, 5.41) is 54.1. The number of rotatable bonds is 15. The summed E-state index contributed by atoms with van der Waals surface area (Å²) in [5.74, 6) is -2.91.